The number of pyridine rings is 1. The molecule has 0 bridgehead atoms. The lowest BCUT2D eigenvalue weighted by Gasteiger charge is -2.05. The Kier molecular flexibility index (Phi) is 6.06. The van der Waals surface area contributed by atoms with Crippen molar-refractivity contribution in [2.75, 3.05) is 0 Å². The van der Waals surface area contributed by atoms with Crippen LogP contribution in [0.15, 0.2) is 82.6 Å². The van der Waals surface area contributed by atoms with Crippen LogP contribution in [0.5, 0.6) is 5.75 Å². The van der Waals surface area contributed by atoms with E-state index in [0.717, 1.165) is 0 Å². The highest BCUT2D eigenvalue weighted by Gasteiger charge is 2.08. The number of hydrogen-bond donors (Lipinski definition) is 1. The van der Waals surface area contributed by atoms with Gasteiger partial charge in [0.1, 0.15) is 5.75 Å². The highest BCUT2D eigenvalue weighted by molar-refractivity contribution is 9.10. The summed E-state index contributed by atoms with van der Waals surface area (Å²) in [6.07, 6.45) is 4.49. The molecular formula is C20H14BrN3O3. The van der Waals surface area contributed by atoms with Crippen LogP contribution < -0.4 is 10.2 Å². The zero-order chi connectivity index (χ0) is 19.1. The number of carbonyl (C=O) groups excluding carboxylic acids is 2. The molecule has 0 spiro atoms. The third-order valence-corrected chi connectivity index (χ3v) is 3.86. The van der Waals surface area contributed by atoms with Gasteiger partial charge in [-0.05, 0) is 51.8 Å². The van der Waals surface area contributed by atoms with Crippen LogP contribution in [0.3, 0.4) is 0 Å². The number of rotatable bonds is 5. The molecule has 27 heavy (non-hydrogen) atoms. The number of hydrogen-bond acceptors (Lipinski definition) is 5. The molecule has 7 heteroatoms. The van der Waals surface area contributed by atoms with Crippen LogP contribution in [0.1, 0.15) is 26.3 Å². The van der Waals surface area contributed by atoms with Gasteiger partial charge in [0, 0.05) is 16.9 Å². The van der Waals surface area contributed by atoms with Crippen LogP contribution in [-0.4, -0.2) is 23.1 Å². The third-order valence-electron chi connectivity index (χ3n) is 3.42. The number of ether oxygens (including phenoxy) is 1. The quantitative estimate of drug-likeness (QED) is 0.292. The fourth-order valence-electron chi connectivity index (χ4n) is 2.16. The molecule has 0 saturated carbocycles. The Balaban J connectivity index is 1.62. The van der Waals surface area contributed by atoms with E-state index in [9.17, 15) is 9.59 Å². The highest BCUT2D eigenvalue weighted by atomic mass is 79.9. The van der Waals surface area contributed by atoms with Gasteiger partial charge in [-0.2, -0.15) is 5.10 Å². The van der Waals surface area contributed by atoms with Gasteiger partial charge in [-0.15, -0.1) is 0 Å². The molecule has 0 atom stereocenters. The topological polar surface area (TPSA) is 80.6 Å². The predicted octanol–water partition coefficient (Wildman–Crippen LogP) is 3.83. The SMILES string of the molecule is O=C(N/N=C\c1cccc(OC(=O)c2ccccc2)c1)c1cncc(Br)c1. The number of esters is 1. The fourth-order valence-corrected chi connectivity index (χ4v) is 2.53. The number of hydrazone groups is 1. The molecule has 2 aromatic carbocycles. The Labute approximate surface area is 164 Å². The standard InChI is InChI=1S/C20H14BrN3O3/c21-17-10-16(12-22-13-17)19(25)24-23-11-14-5-4-8-18(9-14)27-20(26)15-6-2-1-3-7-15/h1-13H,(H,24,25)/b23-11-. The van der Waals surface area contributed by atoms with Crippen molar-refractivity contribution in [2.24, 2.45) is 5.10 Å². The molecule has 0 aliphatic heterocycles. The number of nitrogens with zero attached hydrogens (tertiary/aromatic N) is 2. The van der Waals surface area contributed by atoms with Crippen molar-refractivity contribution in [3.63, 3.8) is 0 Å². The van der Waals surface area contributed by atoms with Crippen molar-refractivity contribution in [3.05, 3.63) is 94.2 Å². The molecule has 1 heterocycles. The average Bonchev–Trinajstić information content (AvgIpc) is 2.69. The second kappa shape index (κ2) is 8.86. The molecule has 1 N–H and O–H groups in total. The van der Waals surface area contributed by atoms with Gasteiger partial charge < -0.3 is 4.74 Å². The first kappa shape index (κ1) is 18.5. The van der Waals surface area contributed by atoms with Crippen LogP contribution in [-0.2, 0) is 0 Å². The molecule has 0 aliphatic rings. The van der Waals surface area contributed by atoms with Gasteiger partial charge in [0.05, 0.1) is 17.3 Å². The molecule has 1 amide bonds. The summed E-state index contributed by atoms with van der Waals surface area (Å²) in [6, 6.07) is 17.2. The van der Waals surface area contributed by atoms with E-state index in [2.05, 4.69) is 31.4 Å². The van der Waals surface area contributed by atoms with Gasteiger partial charge in [0.25, 0.3) is 5.91 Å². The minimum atomic E-state index is -0.444. The fraction of sp³-hybridized carbons (Fsp3) is 0. The first-order chi connectivity index (χ1) is 13.1. The van der Waals surface area contributed by atoms with Crippen molar-refractivity contribution in [1.29, 1.82) is 0 Å². The number of carbonyl (C=O) groups is 2. The van der Waals surface area contributed by atoms with Crippen molar-refractivity contribution in [3.8, 4) is 5.75 Å². The van der Waals surface area contributed by atoms with E-state index in [4.69, 9.17) is 4.74 Å². The Morgan fingerprint density at radius 3 is 2.59 bits per heavy atom. The van der Waals surface area contributed by atoms with Crippen LogP contribution in [0.4, 0.5) is 0 Å². The summed E-state index contributed by atoms with van der Waals surface area (Å²) in [5, 5.41) is 3.92. The Bertz CT molecular complexity index is 991. The maximum atomic E-state index is 12.1. The summed E-state index contributed by atoms with van der Waals surface area (Å²) in [4.78, 5) is 28.0. The van der Waals surface area contributed by atoms with Crippen molar-refractivity contribution in [1.82, 2.24) is 10.4 Å². The monoisotopic (exact) mass is 423 g/mol. The zero-order valence-electron chi connectivity index (χ0n) is 14.0. The summed E-state index contributed by atoms with van der Waals surface area (Å²) in [5.41, 5.74) is 3.94. The second-order valence-corrected chi connectivity index (χ2v) is 6.33. The van der Waals surface area contributed by atoms with E-state index in [1.807, 2.05) is 6.07 Å². The maximum absolute atomic E-state index is 12.1. The van der Waals surface area contributed by atoms with Gasteiger partial charge in [0.15, 0.2) is 0 Å². The first-order valence-corrected chi connectivity index (χ1v) is 8.72. The van der Waals surface area contributed by atoms with Crippen molar-refractivity contribution >= 4 is 34.0 Å². The Morgan fingerprint density at radius 2 is 1.81 bits per heavy atom. The lowest BCUT2D eigenvalue weighted by atomic mass is 10.2. The minimum Gasteiger partial charge on any atom is -0.423 e. The van der Waals surface area contributed by atoms with E-state index < -0.39 is 5.97 Å². The molecule has 1 aromatic heterocycles. The van der Waals surface area contributed by atoms with Crippen LogP contribution in [0.25, 0.3) is 0 Å². The summed E-state index contributed by atoms with van der Waals surface area (Å²) in [5.74, 6) is -0.442. The first-order valence-electron chi connectivity index (χ1n) is 7.93. The molecule has 0 fully saturated rings. The minimum absolute atomic E-state index is 0.382. The summed E-state index contributed by atoms with van der Waals surface area (Å²) < 4.78 is 6.05. The molecule has 0 saturated heterocycles. The van der Waals surface area contributed by atoms with E-state index in [1.54, 1.807) is 60.8 Å². The summed E-state index contributed by atoms with van der Waals surface area (Å²) in [6.45, 7) is 0. The molecular weight excluding hydrogens is 410 g/mol. The van der Waals surface area contributed by atoms with Crippen molar-refractivity contribution in [2.45, 2.75) is 0 Å². The zero-order valence-corrected chi connectivity index (χ0v) is 15.6. The van der Waals surface area contributed by atoms with E-state index in [0.29, 0.717) is 26.9 Å². The lowest BCUT2D eigenvalue weighted by Crippen LogP contribution is -2.17. The number of halogens is 1. The van der Waals surface area contributed by atoms with Gasteiger partial charge in [-0.3, -0.25) is 9.78 Å². The lowest BCUT2D eigenvalue weighted by molar-refractivity contribution is 0.0734. The van der Waals surface area contributed by atoms with Crippen LogP contribution in [0.2, 0.25) is 0 Å². The van der Waals surface area contributed by atoms with Crippen LogP contribution in [0, 0.1) is 0 Å². The molecule has 0 aliphatic carbocycles. The summed E-state index contributed by atoms with van der Waals surface area (Å²) >= 11 is 3.26. The van der Waals surface area contributed by atoms with Gasteiger partial charge in [-0.25, -0.2) is 10.2 Å². The van der Waals surface area contributed by atoms with Gasteiger partial charge in [0.2, 0.25) is 0 Å². The van der Waals surface area contributed by atoms with Crippen molar-refractivity contribution < 1.29 is 14.3 Å². The molecule has 6 nitrogen and oxygen atoms in total. The predicted molar refractivity (Wildman–Crippen MR) is 105 cm³/mol. The van der Waals surface area contributed by atoms with E-state index in [1.165, 1.54) is 12.4 Å². The normalized spacial score (nSPS) is 10.6. The Morgan fingerprint density at radius 1 is 1.00 bits per heavy atom. The molecule has 0 radical (unpaired) electrons. The molecule has 3 aromatic rings. The largest absolute Gasteiger partial charge is 0.423 e. The maximum Gasteiger partial charge on any atom is 0.343 e. The average molecular weight is 424 g/mol. The Hall–Kier alpha value is -3.32. The van der Waals surface area contributed by atoms with E-state index >= 15 is 0 Å². The number of amides is 1. The number of benzene rings is 2. The third kappa shape index (κ3) is 5.32. The molecule has 134 valence electrons. The van der Waals surface area contributed by atoms with E-state index in [-0.39, 0.29) is 5.91 Å². The molecule has 3 rings (SSSR count). The molecule has 0 unspecified atom stereocenters. The number of aromatic nitrogens is 1. The smallest absolute Gasteiger partial charge is 0.343 e. The highest BCUT2D eigenvalue weighted by Crippen LogP contribution is 2.14. The number of nitrogens with one attached hydrogen (secondary N) is 1. The van der Waals surface area contributed by atoms with Crippen LogP contribution >= 0.6 is 15.9 Å². The van der Waals surface area contributed by atoms with Gasteiger partial charge in [-0.1, -0.05) is 30.3 Å². The summed E-state index contributed by atoms with van der Waals surface area (Å²) in [7, 11) is 0. The second-order valence-electron chi connectivity index (χ2n) is 5.42. The van der Waals surface area contributed by atoms with Gasteiger partial charge >= 0.3 is 5.97 Å².